The Kier molecular flexibility index (Phi) is 9.72. The molecule has 0 spiro atoms. The number of carbonyl (C=O) groups excluding carboxylic acids is 2. The number of amides is 2. The van der Waals surface area contributed by atoms with E-state index in [9.17, 15) is 18.0 Å². The van der Waals surface area contributed by atoms with E-state index < -0.39 is 34.4 Å². The third kappa shape index (κ3) is 6.89. The molecule has 7 nitrogen and oxygen atoms in total. The number of sulfonamides is 1. The van der Waals surface area contributed by atoms with Gasteiger partial charge in [-0.25, -0.2) is 8.42 Å². The molecule has 0 unspecified atom stereocenters. The molecule has 1 N–H and O–H groups in total. The van der Waals surface area contributed by atoms with Crippen molar-refractivity contribution in [3.05, 3.63) is 92.4 Å². The van der Waals surface area contributed by atoms with Crippen molar-refractivity contribution in [1.29, 1.82) is 0 Å². The summed E-state index contributed by atoms with van der Waals surface area (Å²) in [5, 5.41) is 3.46. The van der Waals surface area contributed by atoms with E-state index in [0.717, 1.165) is 4.31 Å². The summed E-state index contributed by atoms with van der Waals surface area (Å²) in [5.41, 5.74) is 0.497. The third-order valence-corrected chi connectivity index (χ3v) is 8.48. The number of nitrogens with one attached hydrogen (secondary N) is 1. The molecule has 0 heterocycles. The summed E-state index contributed by atoms with van der Waals surface area (Å²) in [4.78, 5) is 27.5. The molecule has 3 aromatic carbocycles. The molecule has 37 heavy (non-hydrogen) atoms. The lowest BCUT2D eigenvalue weighted by Gasteiger charge is -2.32. The minimum absolute atomic E-state index is 0.0426. The van der Waals surface area contributed by atoms with E-state index in [1.165, 1.54) is 49.2 Å². The Morgan fingerprint density at radius 3 is 2.00 bits per heavy atom. The molecule has 2 amide bonds. The van der Waals surface area contributed by atoms with E-state index in [1.54, 1.807) is 36.4 Å². The first-order chi connectivity index (χ1) is 17.4. The fraction of sp³-hybridized carbons (Fsp3) is 0.200. The van der Waals surface area contributed by atoms with E-state index in [-0.39, 0.29) is 27.2 Å². The quantitative estimate of drug-likeness (QED) is 0.342. The van der Waals surface area contributed by atoms with Crippen molar-refractivity contribution in [2.45, 2.75) is 24.4 Å². The lowest BCUT2D eigenvalue weighted by molar-refractivity contribution is -0.139. The summed E-state index contributed by atoms with van der Waals surface area (Å²) in [6, 6.07) is 15.7. The maximum Gasteiger partial charge on any atom is 0.264 e. The fourth-order valence-electron chi connectivity index (χ4n) is 3.58. The highest BCUT2D eigenvalue weighted by atomic mass is 35.5. The molecule has 3 rings (SSSR count). The van der Waals surface area contributed by atoms with E-state index >= 15 is 0 Å². The standard InChI is InChI=1S/C25H23Cl4N3O4S/c1-16(25(34)30-2)31(14-21-22(28)9-6-10-23(21)29)24(33)15-32(19-12-17(26)11-18(27)13-19)37(35,36)20-7-4-3-5-8-20/h3-13,16H,14-15H2,1-2H3,(H,30,34)/t16-/m0/s1. The van der Waals surface area contributed by atoms with Crippen LogP contribution in [0.1, 0.15) is 12.5 Å². The van der Waals surface area contributed by atoms with Crippen LogP contribution in [0.15, 0.2) is 71.6 Å². The van der Waals surface area contributed by atoms with Gasteiger partial charge in [-0.15, -0.1) is 0 Å². The number of benzene rings is 3. The van der Waals surface area contributed by atoms with Crippen molar-refractivity contribution >= 4 is 73.9 Å². The molecule has 0 aliphatic carbocycles. The zero-order chi connectivity index (χ0) is 27.3. The highest BCUT2D eigenvalue weighted by Crippen LogP contribution is 2.31. The summed E-state index contributed by atoms with van der Waals surface area (Å²) >= 11 is 25.0. The maximum absolute atomic E-state index is 13.8. The Bertz CT molecular complexity index is 1360. The Morgan fingerprint density at radius 2 is 1.46 bits per heavy atom. The van der Waals surface area contributed by atoms with Crippen LogP contribution in [-0.2, 0) is 26.2 Å². The van der Waals surface area contributed by atoms with Gasteiger partial charge in [0.1, 0.15) is 12.6 Å². The van der Waals surface area contributed by atoms with Crippen LogP contribution < -0.4 is 9.62 Å². The number of likely N-dealkylation sites (N-methyl/N-ethyl adjacent to an activating group) is 1. The number of halogens is 4. The molecule has 0 saturated carbocycles. The normalized spacial score (nSPS) is 12.1. The third-order valence-electron chi connectivity index (χ3n) is 5.55. The summed E-state index contributed by atoms with van der Waals surface area (Å²) in [7, 11) is -2.81. The number of hydrogen-bond donors (Lipinski definition) is 1. The summed E-state index contributed by atoms with van der Waals surface area (Å²) < 4.78 is 28.3. The molecule has 0 saturated heterocycles. The van der Waals surface area contributed by atoms with Gasteiger partial charge < -0.3 is 10.2 Å². The van der Waals surface area contributed by atoms with Crippen LogP contribution in [0.2, 0.25) is 20.1 Å². The van der Waals surface area contributed by atoms with E-state index in [4.69, 9.17) is 46.4 Å². The van der Waals surface area contributed by atoms with E-state index in [2.05, 4.69) is 5.32 Å². The molecule has 0 bridgehead atoms. The molecular weight excluding hydrogens is 580 g/mol. The minimum Gasteiger partial charge on any atom is -0.357 e. The summed E-state index contributed by atoms with van der Waals surface area (Å²) in [6.45, 7) is 0.729. The van der Waals surface area contributed by atoms with Crippen LogP contribution in [-0.4, -0.2) is 44.8 Å². The molecule has 12 heteroatoms. The van der Waals surface area contributed by atoms with Gasteiger partial charge >= 0.3 is 0 Å². The summed E-state index contributed by atoms with van der Waals surface area (Å²) in [5.74, 6) is -1.14. The lowest BCUT2D eigenvalue weighted by atomic mass is 10.1. The molecule has 0 fully saturated rings. The minimum atomic E-state index is -4.24. The topological polar surface area (TPSA) is 86.8 Å². The number of hydrogen-bond acceptors (Lipinski definition) is 4. The van der Waals surface area contributed by atoms with E-state index in [0.29, 0.717) is 15.6 Å². The SMILES string of the molecule is CNC(=O)[C@H](C)N(Cc1c(Cl)cccc1Cl)C(=O)CN(c1cc(Cl)cc(Cl)c1)S(=O)(=O)c1ccccc1. The second-order valence-corrected chi connectivity index (χ2v) is 11.5. The van der Waals surface area contributed by atoms with Crippen LogP contribution in [0.5, 0.6) is 0 Å². The van der Waals surface area contributed by atoms with Crippen LogP contribution >= 0.6 is 46.4 Å². The Balaban J connectivity index is 2.09. The van der Waals surface area contributed by atoms with Gasteiger partial charge in [-0.1, -0.05) is 70.7 Å². The number of carbonyl (C=O) groups is 2. The van der Waals surface area contributed by atoms with Crippen molar-refractivity contribution in [2.24, 2.45) is 0 Å². The average Bonchev–Trinajstić information content (AvgIpc) is 2.86. The van der Waals surface area contributed by atoms with E-state index in [1.807, 2.05) is 0 Å². The van der Waals surface area contributed by atoms with Gasteiger partial charge in [0, 0.05) is 39.2 Å². The first-order valence-corrected chi connectivity index (χ1v) is 13.9. The van der Waals surface area contributed by atoms with Gasteiger partial charge in [0.25, 0.3) is 10.0 Å². The van der Waals surface area contributed by atoms with Crippen LogP contribution in [0.4, 0.5) is 5.69 Å². The zero-order valence-corrected chi connectivity index (χ0v) is 23.6. The molecule has 0 aromatic heterocycles. The monoisotopic (exact) mass is 601 g/mol. The number of rotatable bonds is 9. The van der Waals surface area contributed by atoms with Gasteiger partial charge in [-0.05, 0) is 49.4 Å². The molecule has 1 atom stereocenters. The van der Waals surface area contributed by atoms with Gasteiger partial charge in [-0.3, -0.25) is 13.9 Å². The molecular formula is C25H23Cl4N3O4S. The Labute approximate surface area is 235 Å². The number of nitrogens with zero attached hydrogens (tertiary/aromatic N) is 2. The maximum atomic E-state index is 13.8. The molecule has 0 aliphatic rings. The van der Waals surface area contributed by atoms with Crippen LogP contribution in [0, 0.1) is 0 Å². The number of anilines is 1. The highest BCUT2D eigenvalue weighted by Gasteiger charge is 2.33. The fourth-order valence-corrected chi connectivity index (χ4v) is 6.03. The molecule has 3 aromatic rings. The van der Waals surface area contributed by atoms with Crippen molar-refractivity contribution in [2.75, 3.05) is 17.9 Å². The molecule has 196 valence electrons. The van der Waals surface area contributed by atoms with Gasteiger partial charge in [0.15, 0.2) is 0 Å². The second-order valence-electron chi connectivity index (χ2n) is 7.96. The first-order valence-electron chi connectivity index (χ1n) is 10.9. The molecule has 0 radical (unpaired) electrons. The van der Waals surface area contributed by atoms with Crippen molar-refractivity contribution in [3.63, 3.8) is 0 Å². The van der Waals surface area contributed by atoms with Crippen LogP contribution in [0.3, 0.4) is 0 Å². The molecule has 0 aliphatic heterocycles. The lowest BCUT2D eigenvalue weighted by Crippen LogP contribution is -2.50. The van der Waals surface area contributed by atoms with Gasteiger partial charge in [0.2, 0.25) is 11.8 Å². The van der Waals surface area contributed by atoms with Gasteiger partial charge in [-0.2, -0.15) is 0 Å². The summed E-state index contributed by atoms with van der Waals surface area (Å²) in [6.07, 6.45) is 0. The highest BCUT2D eigenvalue weighted by molar-refractivity contribution is 7.92. The van der Waals surface area contributed by atoms with Crippen molar-refractivity contribution in [3.8, 4) is 0 Å². The van der Waals surface area contributed by atoms with Crippen molar-refractivity contribution in [1.82, 2.24) is 10.2 Å². The Hall–Kier alpha value is -2.49. The van der Waals surface area contributed by atoms with Crippen molar-refractivity contribution < 1.29 is 18.0 Å². The predicted molar refractivity (Wildman–Crippen MR) is 148 cm³/mol. The first kappa shape index (κ1) is 29.1. The average molecular weight is 603 g/mol. The zero-order valence-electron chi connectivity index (χ0n) is 19.8. The largest absolute Gasteiger partial charge is 0.357 e. The predicted octanol–water partition coefficient (Wildman–Crippen LogP) is 5.66. The van der Waals surface area contributed by atoms with Gasteiger partial charge in [0.05, 0.1) is 10.6 Å². The van der Waals surface area contributed by atoms with Crippen LogP contribution in [0.25, 0.3) is 0 Å². The second kappa shape index (κ2) is 12.4. The Morgan fingerprint density at radius 1 is 0.892 bits per heavy atom. The smallest absolute Gasteiger partial charge is 0.264 e.